The van der Waals surface area contributed by atoms with Crippen molar-refractivity contribution in [3.63, 3.8) is 0 Å². The number of benzene rings is 1. The molecule has 0 aliphatic carbocycles. The second-order valence-corrected chi connectivity index (χ2v) is 4.98. The normalized spacial score (nSPS) is 12.5. The van der Waals surface area contributed by atoms with Crippen LogP contribution >= 0.6 is 38.5 Å². The number of carbonyl (C=O) groups is 1. The predicted octanol–water partition coefficient (Wildman–Crippen LogP) is 2.01. The zero-order valence-corrected chi connectivity index (χ0v) is 10.9. The Hall–Kier alpha value is -0.140. The molecule has 0 fully saturated rings. The van der Waals surface area contributed by atoms with Crippen LogP contribution in [0, 0.1) is 3.57 Å². The molecule has 1 aromatic carbocycles. The third kappa shape index (κ3) is 3.21. The third-order valence-corrected chi connectivity index (χ3v) is 3.21. The van der Waals surface area contributed by atoms with Gasteiger partial charge in [-0.1, -0.05) is 15.9 Å². The Morgan fingerprint density at radius 1 is 1.64 bits per heavy atom. The standard InChI is InChI=1S/C9H9BrINO2/c10-7-2-1-6(11)3-5(7)4-8(12)9(13)14/h1-3,8H,4,12H2,(H,13,14)/t8-/m0/s1. The smallest absolute Gasteiger partial charge is 0.320 e. The Morgan fingerprint density at radius 3 is 2.86 bits per heavy atom. The van der Waals surface area contributed by atoms with Crippen molar-refractivity contribution in [2.45, 2.75) is 12.5 Å². The highest BCUT2D eigenvalue weighted by Crippen LogP contribution is 2.20. The summed E-state index contributed by atoms with van der Waals surface area (Å²) in [6, 6.07) is 4.92. The molecule has 76 valence electrons. The number of nitrogens with two attached hydrogens (primary N) is 1. The summed E-state index contributed by atoms with van der Waals surface area (Å²) in [6.45, 7) is 0. The zero-order valence-electron chi connectivity index (χ0n) is 7.21. The van der Waals surface area contributed by atoms with Gasteiger partial charge in [-0.25, -0.2) is 0 Å². The minimum absolute atomic E-state index is 0.340. The maximum Gasteiger partial charge on any atom is 0.320 e. The van der Waals surface area contributed by atoms with Crippen molar-refractivity contribution in [1.82, 2.24) is 0 Å². The van der Waals surface area contributed by atoms with Crippen molar-refractivity contribution in [2.24, 2.45) is 5.73 Å². The quantitative estimate of drug-likeness (QED) is 0.801. The molecule has 1 atom stereocenters. The molecule has 0 heterocycles. The lowest BCUT2D eigenvalue weighted by molar-refractivity contribution is -0.138. The number of hydrogen-bond donors (Lipinski definition) is 2. The first kappa shape index (κ1) is 11.9. The molecular formula is C9H9BrINO2. The average molecular weight is 370 g/mol. The van der Waals surface area contributed by atoms with E-state index in [4.69, 9.17) is 10.8 Å². The Morgan fingerprint density at radius 2 is 2.29 bits per heavy atom. The minimum Gasteiger partial charge on any atom is -0.480 e. The van der Waals surface area contributed by atoms with Crippen LogP contribution in [0.2, 0.25) is 0 Å². The molecular weight excluding hydrogens is 361 g/mol. The molecule has 0 bridgehead atoms. The van der Waals surface area contributed by atoms with Crippen LogP contribution in [0.3, 0.4) is 0 Å². The van der Waals surface area contributed by atoms with Crippen LogP contribution in [-0.2, 0) is 11.2 Å². The van der Waals surface area contributed by atoms with Crippen LogP contribution in [0.25, 0.3) is 0 Å². The van der Waals surface area contributed by atoms with E-state index in [0.717, 1.165) is 13.6 Å². The van der Waals surface area contributed by atoms with Crippen molar-refractivity contribution in [2.75, 3.05) is 0 Å². The van der Waals surface area contributed by atoms with Gasteiger partial charge >= 0.3 is 5.97 Å². The molecule has 1 aromatic rings. The van der Waals surface area contributed by atoms with E-state index in [1.807, 2.05) is 18.2 Å². The average Bonchev–Trinajstić information content (AvgIpc) is 2.11. The van der Waals surface area contributed by atoms with Crippen LogP contribution in [-0.4, -0.2) is 17.1 Å². The van der Waals surface area contributed by atoms with Crippen molar-refractivity contribution < 1.29 is 9.90 Å². The van der Waals surface area contributed by atoms with Crippen molar-refractivity contribution >= 4 is 44.5 Å². The second-order valence-electron chi connectivity index (χ2n) is 2.88. The Bertz CT molecular complexity index is 357. The molecule has 3 nitrogen and oxygen atoms in total. The van der Waals surface area contributed by atoms with Crippen LogP contribution in [0.4, 0.5) is 0 Å². The highest BCUT2D eigenvalue weighted by atomic mass is 127. The summed E-state index contributed by atoms with van der Waals surface area (Å²) in [4.78, 5) is 10.6. The van der Waals surface area contributed by atoms with Gasteiger partial charge in [0.05, 0.1) is 0 Å². The summed E-state index contributed by atoms with van der Waals surface area (Å²) < 4.78 is 1.97. The molecule has 0 unspecified atom stereocenters. The molecule has 0 aliphatic heterocycles. The van der Waals surface area contributed by atoms with Gasteiger partial charge in [-0.05, 0) is 52.8 Å². The molecule has 0 saturated heterocycles. The molecule has 14 heavy (non-hydrogen) atoms. The number of rotatable bonds is 3. The number of carboxylic acids is 1. The largest absolute Gasteiger partial charge is 0.480 e. The summed E-state index contributed by atoms with van der Waals surface area (Å²) in [7, 11) is 0. The van der Waals surface area contributed by atoms with E-state index in [0.29, 0.717) is 6.42 Å². The van der Waals surface area contributed by atoms with E-state index in [9.17, 15) is 4.79 Å². The lowest BCUT2D eigenvalue weighted by Gasteiger charge is -2.08. The van der Waals surface area contributed by atoms with E-state index in [-0.39, 0.29) is 0 Å². The molecule has 0 aliphatic rings. The Labute approximate surface area is 104 Å². The SMILES string of the molecule is N[C@@H](Cc1cc(I)ccc1Br)C(=O)O. The van der Waals surface area contributed by atoms with Crippen molar-refractivity contribution in [3.05, 3.63) is 31.8 Å². The van der Waals surface area contributed by atoms with Crippen molar-refractivity contribution in [3.8, 4) is 0 Å². The number of carboxylic acid groups (broad SMARTS) is 1. The lowest BCUT2D eigenvalue weighted by atomic mass is 10.1. The fraction of sp³-hybridized carbons (Fsp3) is 0.222. The highest BCUT2D eigenvalue weighted by Gasteiger charge is 2.13. The van der Waals surface area contributed by atoms with E-state index >= 15 is 0 Å². The van der Waals surface area contributed by atoms with Gasteiger partial charge in [-0.2, -0.15) is 0 Å². The molecule has 0 spiro atoms. The molecule has 0 saturated carbocycles. The van der Waals surface area contributed by atoms with Gasteiger partial charge in [0, 0.05) is 8.04 Å². The summed E-state index contributed by atoms with van der Waals surface area (Å²) in [6.07, 6.45) is 0.340. The number of hydrogen-bond acceptors (Lipinski definition) is 2. The first-order chi connectivity index (χ1) is 6.50. The fourth-order valence-electron chi connectivity index (χ4n) is 1.02. The highest BCUT2D eigenvalue weighted by molar-refractivity contribution is 14.1. The Kier molecular flexibility index (Phi) is 4.33. The van der Waals surface area contributed by atoms with Gasteiger partial charge in [-0.3, -0.25) is 4.79 Å². The zero-order chi connectivity index (χ0) is 10.7. The van der Waals surface area contributed by atoms with Gasteiger partial charge in [0.2, 0.25) is 0 Å². The van der Waals surface area contributed by atoms with E-state index in [1.165, 1.54) is 0 Å². The maximum atomic E-state index is 10.6. The van der Waals surface area contributed by atoms with Gasteiger partial charge in [0.1, 0.15) is 6.04 Å². The van der Waals surface area contributed by atoms with Gasteiger partial charge < -0.3 is 10.8 Å². The Balaban J connectivity index is 2.85. The molecule has 3 N–H and O–H groups in total. The van der Waals surface area contributed by atoms with Crippen LogP contribution in [0.1, 0.15) is 5.56 Å². The fourth-order valence-corrected chi connectivity index (χ4v) is 1.99. The topological polar surface area (TPSA) is 63.3 Å². The van der Waals surface area contributed by atoms with Crippen LogP contribution in [0.5, 0.6) is 0 Å². The summed E-state index contributed by atoms with van der Waals surface area (Å²) >= 11 is 5.53. The van der Waals surface area contributed by atoms with Gasteiger partial charge in [0.25, 0.3) is 0 Å². The maximum absolute atomic E-state index is 10.6. The van der Waals surface area contributed by atoms with Gasteiger partial charge in [0.15, 0.2) is 0 Å². The van der Waals surface area contributed by atoms with Crippen LogP contribution < -0.4 is 5.73 Å². The molecule has 0 radical (unpaired) electrons. The molecule has 1 rings (SSSR count). The van der Waals surface area contributed by atoms with Gasteiger partial charge in [-0.15, -0.1) is 0 Å². The minimum atomic E-state index is -0.976. The lowest BCUT2D eigenvalue weighted by Crippen LogP contribution is -2.32. The molecule has 0 amide bonds. The van der Waals surface area contributed by atoms with Crippen molar-refractivity contribution in [1.29, 1.82) is 0 Å². The van der Waals surface area contributed by atoms with E-state index < -0.39 is 12.0 Å². The monoisotopic (exact) mass is 369 g/mol. The van der Waals surface area contributed by atoms with E-state index in [2.05, 4.69) is 38.5 Å². The number of aliphatic carboxylic acids is 1. The summed E-state index contributed by atoms with van der Waals surface area (Å²) in [5, 5.41) is 8.66. The number of halogens is 2. The predicted molar refractivity (Wildman–Crippen MR) is 66.2 cm³/mol. The molecule has 5 heteroatoms. The third-order valence-electron chi connectivity index (χ3n) is 1.76. The summed E-state index contributed by atoms with van der Waals surface area (Å²) in [5.74, 6) is -0.976. The first-order valence-electron chi connectivity index (χ1n) is 3.93. The first-order valence-corrected chi connectivity index (χ1v) is 5.80. The molecule has 0 aromatic heterocycles. The second kappa shape index (κ2) is 5.09. The van der Waals surface area contributed by atoms with Crippen LogP contribution in [0.15, 0.2) is 22.7 Å². The summed E-state index contributed by atoms with van der Waals surface area (Å²) in [5.41, 5.74) is 6.37. The van der Waals surface area contributed by atoms with E-state index in [1.54, 1.807) is 0 Å².